The summed E-state index contributed by atoms with van der Waals surface area (Å²) >= 11 is 0. The second-order valence-corrected chi connectivity index (χ2v) is 9.18. The van der Waals surface area contributed by atoms with E-state index in [4.69, 9.17) is 0 Å². The van der Waals surface area contributed by atoms with Crippen molar-refractivity contribution in [2.75, 3.05) is 6.54 Å². The van der Waals surface area contributed by atoms with Gasteiger partial charge < -0.3 is 10.1 Å². The van der Waals surface area contributed by atoms with E-state index in [-0.39, 0.29) is 5.78 Å². The lowest BCUT2D eigenvalue weighted by Gasteiger charge is -2.14. The van der Waals surface area contributed by atoms with Crippen molar-refractivity contribution in [3.8, 4) is 0 Å². The number of hydrogen-bond donors (Lipinski definition) is 1. The standard InChI is InChI=1S/C27H53NO/c1-5-7-8-9-10-11-12-13-14-17-20-27(6-2)21-18-15-16-19-24-28-25(3)22-23-26(4)29/h27-28H,3,5-24H2,1-2,4H3. The molecule has 0 aliphatic carbocycles. The highest BCUT2D eigenvalue weighted by atomic mass is 16.1. The summed E-state index contributed by atoms with van der Waals surface area (Å²) in [6.45, 7) is 11.3. The van der Waals surface area contributed by atoms with E-state index >= 15 is 0 Å². The molecule has 1 N–H and O–H groups in total. The van der Waals surface area contributed by atoms with E-state index < -0.39 is 0 Å². The number of allylic oxidation sites excluding steroid dienone is 1. The monoisotopic (exact) mass is 407 g/mol. The second kappa shape index (κ2) is 21.9. The Labute approximate surface area is 183 Å². The topological polar surface area (TPSA) is 29.1 Å². The van der Waals surface area contributed by atoms with Crippen LogP contribution >= 0.6 is 0 Å². The zero-order valence-corrected chi connectivity index (χ0v) is 20.3. The Morgan fingerprint density at radius 1 is 0.724 bits per heavy atom. The number of hydrogen-bond acceptors (Lipinski definition) is 2. The molecule has 0 aromatic carbocycles. The molecule has 0 fully saturated rings. The maximum Gasteiger partial charge on any atom is 0.130 e. The van der Waals surface area contributed by atoms with E-state index in [2.05, 4.69) is 25.7 Å². The number of Topliss-reactive ketones (excluding diaryl/α,β-unsaturated/α-hetero) is 1. The van der Waals surface area contributed by atoms with E-state index in [1.165, 1.54) is 109 Å². The number of ketones is 1. The van der Waals surface area contributed by atoms with Crippen LogP contribution in [0.2, 0.25) is 0 Å². The van der Waals surface area contributed by atoms with Gasteiger partial charge in [-0.3, -0.25) is 0 Å². The van der Waals surface area contributed by atoms with Gasteiger partial charge in [0.1, 0.15) is 5.78 Å². The number of nitrogens with one attached hydrogen (secondary N) is 1. The SMILES string of the molecule is C=C(CCC(C)=O)NCCCCCCC(CC)CCCCCCCCCCCC. The van der Waals surface area contributed by atoms with E-state index in [1.54, 1.807) is 6.92 Å². The highest BCUT2D eigenvalue weighted by Crippen LogP contribution is 2.21. The molecule has 172 valence electrons. The molecule has 0 radical (unpaired) electrons. The third-order valence-corrected chi connectivity index (χ3v) is 6.24. The third-order valence-electron chi connectivity index (χ3n) is 6.24. The first-order valence-electron chi connectivity index (χ1n) is 13.0. The van der Waals surface area contributed by atoms with Crippen LogP contribution in [0.3, 0.4) is 0 Å². The van der Waals surface area contributed by atoms with Crippen LogP contribution in [-0.4, -0.2) is 12.3 Å². The molecule has 0 aromatic rings. The van der Waals surface area contributed by atoms with Crippen LogP contribution in [0.1, 0.15) is 143 Å². The molecule has 0 aliphatic heterocycles. The predicted octanol–water partition coefficient (Wildman–Crippen LogP) is 8.75. The first kappa shape index (κ1) is 28.2. The second-order valence-electron chi connectivity index (χ2n) is 9.18. The van der Waals surface area contributed by atoms with Crippen molar-refractivity contribution in [3.05, 3.63) is 12.3 Å². The van der Waals surface area contributed by atoms with Crippen molar-refractivity contribution >= 4 is 5.78 Å². The summed E-state index contributed by atoms with van der Waals surface area (Å²) in [5, 5.41) is 3.36. The lowest BCUT2D eigenvalue weighted by molar-refractivity contribution is -0.117. The highest BCUT2D eigenvalue weighted by Gasteiger charge is 2.06. The van der Waals surface area contributed by atoms with Crippen LogP contribution in [0.15, 0.2) is 12.3 Å². The molecule has 2 nitrogen and oxygen atoms in total. The zero-order valence-electron chi connectivity index (χ0n) is 20.3. The number of carbonyl (C=O) groups excluding carboxylic acids is 1. The molecule has 0 saturated heterocycles. The molecule has 0 spiro atoms. The summed E-state index contributed by atoms with van der Waals surface area (Å²) < 4.78 is 0. The smallest absolute Gasteiger partial charge is 0.130 e. The fraction of sp³-hybridized carbons (Fsp3) is 0.889. The molecule has 0 saturated carbocycles. The van der Waals surface area contributed by atoms with Gasteiger partial charge in [0.05, 0.1) is 0 Å². The molecule has 0 heterocycles. The van der Waals surface area contributed by atoms with Crippen LogP contribution < -0.4 is 5.32 Å². The van der Waals surface area contributed by atoms with Gasteiger partial charge in [0.2, 0.25) is 0 Å². The van der Waals surface area contributed by atoms with Gasteiger partial charge in [0.15, 0.2) is 0 Å². The molecule has 1 atom stereocenters. The molecular formula is C27H53NO. The fourth-order valence-electron chi connectivity index (χ4n) is 4.07. The first-order valence-corrected chi connectivity index (χ1v) is 13.0. The Morgan fingerprint density at radius 3 is 1.69 bits per heavy atom. The van der Waals surface area contributed by atoms with Crippen molar-refractivity contribution < 1.29 is 4.79 Å². The van der Waals surface area contributed by atoms with Crippen molar-refractivity contribution in [2.45, 2.75) is 143 Å². The molecule has 2 heteroatoms. The summed E-state index contributed by atoms with van der Waals surface area (Å²) in [5.74, 6) is 1.20. The minimum absolute atomic E-state index is 0.247. The Hall–Kier alpha value is -0.790. The third kappa shape index (κ3) is 21.7. The van der Waals surface area contributed by atoms with Crippen molar-refractivity contribution in [2.24, 2.45) is 5.92 Å². The van der Waals surface area contributed by atoms with Crippen molar-refractivity contribution in [3.63, 3.8) is 0 Å². The maximum absolute atomic E-state index is 11.0. The maximum atomic E-state index is 11.0. The number of carbonyl (C=O) groups is 1. The van der Waals surface area contributed by atoms with E-state index in [0.717, 1.165) is 24.6 Å². The van der Waals surface area contributed by atoms with Gasteiger partial charge in [0, 0.05) is 18.7 Å². The Kier molecular flexibility index (Phi) is 21.3. The van der Waals surface area contributed by atoms with Crippen molar-refractivity contribution in [1.29, 1.82) is 0 Å². The molecule has 0 rings (SSSR count). The van der Waals surface area contributed by atoms with Crippen LogP contribution in [-0.2, 0) is 4.79 Å². The number of unbranched alkanes of at least 4 members (excludes halogenated alkanes) is 12. The van der Waals surface area contributed by atoms with Crippen molar-refractivity contribution in [1.82, 2.24) is 5.32 Å². The molecule has 0 aliphatic rings. The van der Waals surface area contributed by atoms with Gasteiger partial charge in [-0.2, -0.15) is 0 Å². The summed E-state index contributed by atoms with van der Waals surface area (Å²) in [5.41, 5.74) is 1.02. The van der Waals surface area contributed by atoms with E-state index in [1.807, 2.05) is 0 Å². The average molecular weight is 408 g/mol. The Morgan fingerprint density at radius 2 is 1.21 bits per heavy atom. The van der Waals surface area contributed by atoms with E-state index in [9.17, 15) is 4.79 Å². The van der Waals surface area contributed by atoms with Gasteiger partial charge in [0.25, 0.3) is 0 Å². The van der Waals surface area contributed by atoms with E-state index in [0.29, 0.717) is 6.42 Å². The van der Waals surface area contributed by atoms with Gasteiger partial charge in [-0.05, 0) is 25.7 Å². The molecule has 1 unspecified atom stereocenters. The van der Waals surface area contributed by atoms with Gasteiger partial charge in [-0.15, -0.1) is 0 Å². The highest BCUT2D eigenvalue weighted by molar-refractivity contribution is 5.75. The molecule has 0 amide bonds. The van der Waals surface area contributed by atoms with Crippen LogP contribution in [0.4, 0.5) is 0 Å². The van der Waals surface area contributed by atoms with Gasteiger partial charge in [-0.1, -0.05) is 123 Å². The minimum Gasteiger partial charge on any atom is -0.389 e. The summed E-state index contributed by atoms with van der Waals surface area (Å²) in [4.78, 5) is 11.0. The Bertz CT molecular complexity index is 377. The normalized spacial score (nSPS) is 12.1. The lowest BCUT2D eigenvalue weighted by atomic mass is 9.92. The van der Waals surface area contributed by atoms with Crippen LogP contribution in [0.25, 0.3) is 0 Å². The molecule has 29 heavy (non-hydrogen) atoms. The zero-order chi connectivity index (χ0) is 21.6. The first-order chi connectivity index (χ1) is 14.1. The van der Waals surface area contributed by atoms with Gasteiger partial charge >= 0.3 is 0 Å². The minimum atomic E-state index is 0.247. The van der Waals surface area contributed by atoms with Gasteiger partial charge in [-0.25, -0.2) is 0 Å². The summed E-state index contributed by atoms with van der Waals surface area (Å²) in [7, 11) is 0. The predicted molar refractivity (Wildman–Crippen MR) is 130 cm³/mol. The number of rotatable bonds is 23. The average Bonchev–Trinajstić information content (AvgIpc) is 2.71. The summed E-state index contributed by atoms with van der Waals surface area (Å²) in [6.07, 6.45) is 25.3. The lowest BCUT2D eigenvalue weighted by Crippen LogP contribution is -2.14. The quantitative estimate of drug-likeness (QED) is 0.171. The molecule has 0 aromatic heterocycles. The van der Waals surface area contributed by atoms with Crippen LogP contribution in [0.5, 0.6) is 0 Å². The van der Waals surface area contributed by atoms with Crippen LogP contribution in [0, 0.1) is 5.92 Å². The molecular weight excluding hydrogens is 354 g/mol. The molecule has 0 bridgehead atoms. The summed E-state index contributed by atoms with van der Waals surface area (Å²) in [6, 6.07) is 0. The Balaban J connectivity index is 3.40. The fourth-order valence-corrected chi connectivity index (χ4v) is 4.07. The largest absolute Gasteiger partial charge is 0.389 e.